The van der Waals surface area contributed by atoms with Crippen LogP contribution in [0.25, 0.3) is 0 Å². The average Bonchev–Trinajstić information content (AvgIpc) is 2.79. The first-order valence-electron chi connectivity index (χ1n) is 6.15. The summed E-state index contributed by atoms with van der Waals surface area (Å²) in [6.07, 6.45) is 0. The van der Waals surface area contributed by atoms with E-state index in [-0.39, 0.29) is 11.7 Å². The van der Waals surface area contributed by atoms with Crippen LogP contribution in [0.5, 0.6) is 0 Å². The maximum absolute atomic E-state index is 12.1. The number of carbonyl (C=O) groups is 2. The Balaban J connectivity index is 2.13. The molecule has 0 spiro atoms. The van der Waals surface area contributed by atoms with Crippen molar-refractivity contribution in [2.24, 2.45) is 0 Å². The SMILES string of the molecule is CN1CCN(Cc2ccc(C(=O)O)o2)C(C)(C)C1=O. The van der Waals surface area contributed by atoms with Gasteiger partial charge in [-0.2, -0.15) is 0 Å². The van der Waals surface area contributed by atoms with E-state index in [0.717, 1.165) is 6.54 Å². The van der Waals surface area contributed by atoms with Crippen LogP contribution in [-0.4, -0.2) is 52.5 Å². The molecule has 0 bridgehead atoms. The Bertz CT molecular complexity index is 506. The lowest BCUT2D eigenvalue weighted by atomic mass is 9.97. The Morgan fingerprint density at radius 3 is 2.68 bits per heavy atom. The minimum Gasteiger partial charge on any atom is -0.475 e. The fraction of sp³-hybridized carbons (Fsp3) is 0.538. The fourth-order valence-electron chi connectivity index (χ4n) is 2.30. The molecule has 6 heteroatoms. The lowest BCUT2D eigenvalue weighted by molar-refractivity contribution is -0.147. The quantitative estimate of drug-likeness (QED) is 0.884. The van der Waals surface area contributed by atoms with Gasteiger partial charge in [0.1, 0.15) is 5.76 Å². The molecule has 0 saturated carbocycles. The van der Waals surface area contributed by atoms with E-state index in [9.17, 15) is 9.59 Å². The van der Waals surface area contributed by atoms with Crippen molar-refractivity contribution in [2.75, 3.05) is 20.1 Å². The molecule has 0 radical (unpaired) electrons. The summed E-state index contributed by atoms with van der Waals surface area (Å²) in [5.74, 6) is -0.542. The van der Waals surface area contributed by atoms with Crippen molar-refractivity contribution in [2.45, 2.75) is 25.9 Å². The number of rotatable bonds is 3. The number of hydrogen-bond acceptors (Lipinski definition) is 4. The third-order valence-electron chi connectivity index (χ3n) is 3.59. The average molecular weight is 266 g/mol. The van der Waals surface area contributed by atoms with E-state index >= 15 is 0 Å². The number of carboxylic acid groups (broad SMARTS) is 1. The normalized spacial score (nSPS) is 19.7. The van der Waals surface area contributed by atoms with E-state index in [1.807, 2.05) is 18.7 Å². The first-order valence-corrected chi connectivity index (χ1v) is 6.15. The number of hydrogen-bond donors (Lipinski definition) is 1. The van der Waals surface area contributed by atoms with Gasteiger partial charge in [0.2, 0.25) is 11.7 Å². The maximum atomic E-state index is 12.1. The van der Waals surface area contributed by atoms with Crippen LogP contribution in [0.15, 0.2) is 16.5 Å². The van der Waals surface area contributed by atoms with Gasteiger partial charge in [0, 0.05) is 20.1 Å². The number of carbonyl (C=O) groups excluding carboxylic acids is 1. The number of amides is 1. The summed E-state index contributed by atoms with van der Waals surface area (Å²) in [5, 5.41) is 8.82. The maximum Gasteiger partial charge on any atom is 0.371 e. The summed E-state index contributed by atoms with van der Waals surface area (Å²) in [6, 6.07) is 3.07. The molecule has 1 aromatic rings. The predicted molar refractivity (Wildman–Crippen MR) is 67.8 cm³/mol. The smallest absolute Gasteiger partial charge is 0.371 e. The summed E-state index contributed by atoms with van der Waals surface area (Å²) >= 11 is 0. The summed E-state index contributed by atoms with van der Waals surface area (Å²) in [7, 11) is 1.79. The zero-order valence-corrected chi connectivity index (χ0v) is 11.3. The van der Waals surface area contributed by atoms with Crippen LogP contribution >= 0.6 is 0 Å². The third kappa shape index (κ3) is 2.49. The second-order valence-corrected chi connectivity index (χ2v) is 5.28. The van der Waals surface area contributed by atoms with E-state index in [1.54, 1.807) is 18.0 Å². The van der Waals surface area contributed by atoms with Gasteiger partial charge in [-0.25, -0.2) is 4.79 Å². The Labute approximate surface area is 111 Å². The van der Waals surface area contributed by atoms with Gasteiger partial charge in [-0.1, -0.05) is 0 Å². The van der Waals surface area contributed by atoms with Crippen LogP contribution in [0, 0.1) is 0 Å². The number of piperazine rings is 1. The van der Waals surface area contributed by atoms with Gasteiger partial charge in [0.15, 0.2) is 0 Å². The molecule has 0 aromatic carbocycles. The number of furan rings is 1. The number of carboxylic acids is 1. The third-order valence-corrected chi connectivity index (χ3v) is 3.59. The molecule has 1 aliphatic rings. The minimum absolute atomic E-state index is 0.0590. The van der Waals surface area contributed by atoms with Crippen molar-refractivity contribution in [3.05, 3.63) is 23.7 Å². The Hall–Kier alpha value is -1.82. The highest BCUT2D eigenvalue weighted by molar-refractivity contribution is 5.86. The molecule has 2 heterocycles. The Kier molecular flexibility index (Phi) is 3.36. The van der Waals surface area contributed by atoms with Gasteiger partial charge < -0.3 is 14.4 Å². The highest BCUT2D eigenvalue weighted by atomic mass is 16.4. The molecule has 1 saturated heterocycles. The van der Waals surface area contributed by atoms with E-state index < -0.39 is 11.5 Å². The predicted octanol–water partition coefficient (Wildman–Crippen LogP) is 1.03. The van der Waals surface area contributed by atoms with Crippen LogP contribution in [0.1, 0.15) is 30.2 Å². The molecule has 0 unspecified atom stereocenters. The van der Waals surface area contributed by atoms with Crippen LogP contribution in [0.2, 0.25) is 0 Å². The van der Waals surface area contributed by atoms with Crippen molar-refractivity contribution in [1.82, 2.24) is 9.80 Å². The monoisotopic (exact) mass is 266 g/mol. The van der Waals surface area contributed by atoms with Crippen LogP contribution in [0.3, 0.4) is 0 Å². The highest BCUT2D eigenvalue weighted by Crippen LogP contribution is 2.24. The number of nitrogens with zero attached hydrogens (tertiary/aromatic N) is 2. The summed E-state index contributed by atoms with van der Waals surface area (Å²) in [4.78, 5) is 26.6. The lowest BCUT2D eigenvalue weighted by Gasteiger charge is -2.44. The van der Waals surface area contributed by atoms with Gasteiger partial charge in [-0.05, 0) is 26.0 Å². The van der Waals surface area contributed by atoms with E-state index in [2.05, 4.69) is 0 Å². The second kappa shape index (κ2) is 4.70. The molecular formula is C13H18N2O4. The Morgan fingerprint density at radius 2 is 2.11 bits per heavy atom. The summed E-state index contributed by atoms with van der Waals surface area (Å²) in [5.41, 5.74) is -0.608. The molecule has 0 aliphatic carbocycles. The van der Waals surface area contributed by atoms with Gasteiger partial charge in [0.05, 0.1) is 12.1 Å². The van der Waals surface area contributed by atoms with Crippen LogP contribution < -0.4 is 0 Å². The summed E-state index contributed by atoms with van der Waals surface area (Å²) in [6.45, 7) is 5.56. The standard InChI is InChI=1S/C13H18N2O4/c1-13(2)12(18)14(3)6-7-15(13)8-9-4-5-10(19-9)11(16)17/h4-5H,6-8H2,1-3H3,(H,16,17). The molecule has 19 heavy (non-hydrogen) atoms. The van der Waals surface area contributed by atoms with Gasteiger partial charge in [-0.15, -0.1) is 0 Å². The zero-order chi connectivity index (χ0) is 14.2. The van der Waals surface area contributed by atoms with Crippen molar-refractivity contribution in [1.29, 1.82) is 0 Å². The first-order chi connectivity index (χ1) is 8.82. The van der Waals surface area contributed by atoms with E-state index in [1.165, 1.54) is 6.07 Å². The fourth-order valence-corrected chi connectivity index (χ4v) is 2.30. The van der Waals surface area contributed by atoms with E-state index in [0.29, 0.717) is 18.8 Å². The van der Waals surface area contributed by atoms with E-state index in [4.69, 9.17) is 9.52 Å². The molecule has 1 N–H and O–H groups in total. The first kappa shape index (κ1) is 13.6. The zero-order valence-electron chi connectivity index (χ0n) is 11.3. The largest absolute Gasteiger partial charge is 0.475 e. The molecular weight excluding hydrogens is 248 g/mol. The van der Waals surface area contributed by atoms with Gasteiger partial charge in [0.25, 0.3) is 0 Å². The molecule has 0 atom stereocenters. The number of likely N-dealkylation sites (N-methyl/N-ethyl adjacent to an activating group) is 1. The van der Waals surface area contributed by atoms with Crippen molar-refractivity contribution < 1.29 is 19.1 Å². The van der Waals surface area contributed by atoms with Crippen LogP contribution in [-0.2, 0) is 11.3 Å². The van der Waals surface area contributed by atoms with Crippen molar-refractivity contribution in [3.63, 3.8) is 0 Å². The van der Waals surface area contributed by atoms with Crippen molar-refractivity contribution in [3.8, 4) is 0 Å². The molecule has 6 nitrogen and oxygen atoms in total. The molecule has 1 amide bonds. The van der Waals surface area contributed by atoms with Gasteiger partial charge in [-0.3, -0.25) is 9.69 Å². The second-order valence-electron chi connectivity index (χ2n) is 5.28. The minimum atomic E-state index is -1.08. The Morgan fingerprint density at radius 1 is 1.42 bits per heavy atom. The molecule has 1 fully saturated rings. The molecule has 1 aromatic heterocycles. The lowest BCUT2D eigenvalue weighted by Crippen LogP contribution is -2.61. The molecule has 1 aliphatic heterocycles. The summed E-state index contributed by atoms with van der Waals surface area (Å²) < 4.78 is 5.24. The number of aromatic carboxylic acids is 1. The molecule has 2 rings (SSSR count). The van der Waals surface area contributed by atoms with Crippen molar-refractivity contribution >= 4 is 11.9 Å². The topological polar surface area (TPSA) is 74.0 Å². The van der Waals surface area contributed by atoms with Crippen LogP contribution in [0.4, 0.5) is 0 Å². The van der Waals surface area contributed by atoms with Gasteiger partial charge >= 0.3 is 5.97 Å². The highest BCUT2D eigenvalue weighted by Gasteiger charge is 2.40. The molecule has 104 valence electrons.